The fourth-order valence-corrected chi connectivity index (χ4v) is 2.18. The Bertz CT molecular complexity index is 333. The average molecular weight is 234 g/mol. The third kappa shape index (κ3) is 3.51. The number of nitrogens with one attached hydrogen (secondary N) is 1. The number of pyridine rings is 1. The maximum absolute atomic E-state index is 5.42. The van der Waals surface area contributed by atoms with Crippen molar-refractivity contribution >= 4 is 0 Å². The van der Waals surface area contributed by atoms with E-state index < -0.39 is 0 Å². The lowest BCUT2D eigenvalue weighted by Crippen LogP contribution is -2.37. The van der Waals surface area contributed by atoms with Gasteiger partial charge in [0.15, 0.2) is 0 Å². The average Bonchev–Trinajstić information content (AvgIpc) is 2.38. The largest absolute Gasteiger partial charge is 0.381 e. The summed E-state index contributed by atoms with van der Waals surface area (Å²) in [7, 11) is 0. The molecule has 1 aliphatic rings. The van der Waals surface area contributed by atoms with Crippen molar-refractivity contribution in [1.29, 1.82) is 0 Å². The number of ether oxygens (including phenoxy) is 1. The third-order valence-corrected chi connectivity index (χ3v) is 3.67. The molecule has 2 rings (SSSR count). The molecular formula is C14H22N2O. The maximum Gasteiger partial charge on any atom is 0.0570 e. The molecule has 1 aliphatic heterocycles. The predicted octanol–water partition coefficient (Wildman–Crippen LogP) is 2.55. The molecule has 1 N–H and O–H groups in total. The van der Waals surface area contributed by atoms with Crippen molar-refractivity contribution in [2.75, 3.05) is 19.8 Å². The third-order valence-electron chi connectivity index (χ3n) is 3.67. The van der Waals surface area contributed by atoms with Gasteiger partial charge in [0.05, 0.1) is 5.69 Å². The van der Waals surface area contributed by atoms with Crippen LogP contribution in [0.25, 0.3) is 0 Å². The molecule has 1 saturated heterocycles. The van der Waals surface area contributed by atoms with Crippen molar-refractivity contribution in [3.05, 3.63) is 30.1 Å². The molecule has 2 heterocycles. The first-order valence-corrected chi connectivity index (χ1v) is 6.42. The second-order valence-electron chi connectivity index (χ2n) is 5.28. The van der Waals surface area contributed by atoms with Crippen LogP contribution in [0, 0.1) is 5.41 Å². The van der Waals surface area contributed by atoms with Gasteiger partial charge in [-0.15, -0.1) is 0 Å². The van der Waals surface area contributed by atoms with Gasteiger partial charge in [0, 0.05) is 32.0 Å². The molecule has 0 aliphatic carbocycles. The smallest absolute Gasteiger partial charge is 0.0570 e. The topological polar surface area (TPSA) is 34.1 Å². The summed E-state index contributed by atoms with van der Waals surface area (Å²) in [5.74, 6) is 0. The Labute approximate surface area is 104 Å². The second kappa shape index (κ2) is 5.61. The molecule has 1 aromatic rings. The molecular weight excluding hydrogens is 212 g/mol. The van der Waals surface area contributed by atoms with Crippen molar-refractivity contribution in [3.8, 4) is 0 Å². The minimum absolute atomic E-state index is 0.316. The van der Waals surface area contributed by atoms with Crippen molar-refractivity contribution in [2.45, 2.75) is 32.7 Å². The fourth-order valence-electron chi connectivity index (χ4n) is 2.18. The lowest BCUT2D eigenvalue weighted by molar-refractivity contribution is 0.0230. The molecule has 1 unspecified atom stereocenters. The molecule has 17 heavy (non-hydrogen) atoms. The van der Waals surface area contributed by atoms with Crippen molar-refractivity contribution in [1.82, 2.24) is 10.3 Å². The summed E-state index contributed by atoms with van der Waals surface area (Å²) in [6, 6.07) is 6.38. The molecule has 0 bridgehead atoms. The van der Waals surface area contributed by atoms with E-state index in [0.717, 1.165) is 38.3 Å². The van der Waals surface area contributed by atoms with Crippen LogP contribution in [0.5, 0.6) is 0 Å². The molecule has 3 heteroatoms. The van der Waals surface area contributed by atoms with Crippen LogP contribution in [0.4, 0.5) is 0 Å². The molecule has 3 nitrogen and oxygen atoms in total. The van der Waals surface area contributed by atoms with E-state index in [4.69, 9.17) is 4.74 Å². The SMILES string of the molecule is CC(NCC1(C)CCOCC1)c1ccccn1. The van der Waals surface area contributed by atoms with Gasteiger partial charge in [-0.2, -0.15) is 0 Å². The fraction of sp³-hybridized carbons (Fsp3) is 0.643. The number of hydrogen-bond acceptors (Lipinski definition) is 3. The maximum atomic E-state index is 5.42. The Kier molecular flexibility index (Phi) is 4.13. The summed E-state index contributed by atoms with van der Waals surface area (Å²) in [5.41, 5.74) is 1.49. The first-order chi connectivity index (χ1) is 8.20. The van der Waals surface area contributed by atoms with Crippen LogP contribution in [-0.2, 0) is 4.74 Å². The molecule has 0 radical (unpaired) electrons. The second-order valence-corrected chi connectivity index (χ2v) is 5.28. The van der Waals surface area contributed by atoms with E-state index in [2.05, 4.69) is 30.2 Å². The molecule has 94 valence electrons. The van der Waals surface area contributed by atoms with Gasteiger partial charge in [0.25, 0.3) is 0 Å². The quantitative estimate of drug-likeness (QED) is 0.869. The standard InChI is InChI=1S/C14H22N2O/c1-12(13-5-3-4-8-15-13)16-11-14(2)6-9-17-10-7-14/h3-5,8,12,16H,6-7,9-11H2,1-2H3. The molecule has 0 spiro atoms. The van der Waals surface area contributed by atoms with Gasteiger partial charge in [-0.1, -0.05) is 13.0 Å². The molecule has 0 saturated carbocycles. The van der Waals surface area contributed by atoms with Gasteiger partial charge in [0.2, 0.25) is 0 Å². The van der Waals surface area contributed by atoms with Gasteiger partial charge in [-0.3, -0.25) is 4.98 Å². The van der Waals surface area contributed by atoms with Crippen molar-refractivity contribution in [2.24, 2.45) is 5.41 Å². The highest BCUT2D eigenvalue weighted by molar-refractivity contribution is 5.07. The summed E-state index contributed by atoms with van der Waals surface area (Å²) < 4.78 is 5.42. The number of hydrogen-bond donors (Lipinski definition) is 1. The minimum Gasteiger partial charge on any atom is -0.381 e. The zero-order valence-electron chi connectivity index (χ0n) is 10.8. The molecule has 1 aromatic heterocycles. The van der Waals surface area contributed by atoms with Gasteiger partial charge >= 0.3 is 0 Å². The Morgan fingerprint density at radius 3 is 2.82 bits per heavy atom. The van der Waals surface area contributed by atoms with Gasteiger partial charge in [-0.25, -0.2) is 0 Å². The Hall–Kier alpha value is -0.930. The molecule has 0 amide bonds. The normalized spacial score (nSPS) is 21.1. The van der Waals surface area contributed by atoms with E-state index in [9.17, 15) is 0 Å². The summed E-state index contributed by atoms with van der Waals surface area (Å²) in [6.07, 6.45) is 4.15. The molecule has 0 aromatic carbocycles. The Morgan fingerprint density at radius 1 is 1.41 bits per heavy atom. The highest BCUT2D eigenvalue weighted by Gasteiger charge is 2.27. The zero-order chi connectivity index (χ0) is 12.1. The van der Waals surface area contributed by atoms with Crippen molar-refractivity contribution in [3.63, 3.8) is 0 Å². The van der Waals surface area contributed by atoms with Gasteiger partial charge < -0.3 is 10.1 Å². The van der Waals surface area contributed by atoms with E-state index in [1.165, 1.54) is 0 Å². The van der Waals surface area contributed by atoms with Crippen LogP contribution in [0.15, 0.2) is 24.4 Å². The zero-order valence-corrected chi connectivity index (χ0v) is 10.8. The van der Waals surface area contributed by atoms with Crippen LogP contribution in [-0.4, -0.2) is 24.7 Å². The van der Waals surface area contributed by atoms with Crippen LogP contribution in [0.2, 0.25) is 0 Å². The Balaban J connectivity index is 1.85. The van der Waals surface area contributed by atoms with Gasteiger partial charge in [0.1, 0.15) is 0 Å². The van der Waals surface area contributed by atoms with E-state index in [-0.39, 0.29) is 0 Å². The van der Waals surface area contributed by atoms with Crippen molar-refractivity contribution < 1.29 is 4.74 Å². The first kappa shape index (κ1) is 12.5. The van der Waals surface area contributed by atoms with E-state index in [1.807, 2.05) is 18.3 Å². The highest BCUT2D eigenvalue weighted by Crippen LogP contribution is 2.29. The van der Waals surface area contributed by atoms with Crippen LogP contribution in [0.1, 0.15) is 38.4 Å². The monoisotopic (exact) mass is 234 g/mol. The van der Waals surface area contributed by atoms with E-state index in [1.54, 1.807) is 0 Å². The number of aromatic nitrogens is 1. The summed E-state index contributed by atoms with van der Waals surface area (Å²) in [5, 5.41) is 3.59. The number of rotatable bonds is 4. The van der Waals surface area contributed by atoms with E-state index in [0.29, 0.717) is 11.5 Å². The number of nitrogens with zero attached hydrogens (tertiary/aromatic N) is 1. The first-order valence-electron chi connectivity index (χ1n) is 6.42. The molecule has 1 atom stereocenters. The lowest BCUT2D eigenvalue weighted by Gasteiger charge is -2.34. The summed E-state index contributed by atoms with van der Waals surface area (Å²) in [4.78, 5) is 4.38. The van der Waals surface area contributed by atoms with Crippen LogP contribution >= 0.6 is 0 Å². The molecule has 1 fully saturated rings. The highest BCUT2D eigenvalue weighted by atomic mass is 16.5. The minimum atomic E-state index is 0.316. The van der Waals surface area contributed by atoms with E-state index >= 15 is 0 Å². The lowest BCUT2D eigenvalue weighted by atomic mass is 9.82. The summed E-state index contributed by atoms with van der Waals surface area (Å²) in [6.45, 7) is 7.35. The van der Waals surface area contributed by atoms with Gasteiger partial charge in [-0.05, 0) is 37.3 Å². The predicted molar refractivity (Wildman–Crippen MR) is 68.8 cm³/mol. The summed E-state index contributed by atoms with van der Waals surface area (Å²) >= 11 is 0. The Morgan fingerprint density at radius 2 is 2.18 bits per heavy atom. The van der Waals surface area contributed by atoms with Crippen LogP contribution < -0.4 is 5.32 Å². The van der Waals surface area contributed by atoms with Crippen LogP contribution in [0.3, 0.4) is 0 Å².